The van der Waals surface area contributed by atoms with Crippen molar-refractivity contribution in [1.29, 1.82) is 0 Å². The molecule has 3 aromatic rings. The van der Waals surface area contributed by atoms with Gasteiger partial charge in [-0.05, 0) is 68.8 Å². The number of Topliss-reactive ketones (excluding diaryl/α,β-unsaturated/α-hetero) is 1. The van der Waals surface area contributed by atoms with E-state index in [0.29, 0.717) is 35.2 Å². The number of benzene rings is 2. The summed E-state index contributed by atoms with van der Waals surface area (Å²) in [5.74, 6) is -28.4. The topological polar surface area (TPSA) is 722 Å². The molecular weight excluding hydrogens is 1560 g/mol. The highest BCUT2D eigenvalue weighted by Crippen LogP contribution is 2.22. The first kappa shape index (κ1) is 97.6. The molecule has 1 saturated heterocycles. The third-order valence-electron chi connectivity index (χ3n) is 18.6. The zero-order valence-corrected chi connectivity index (χ0v) is 65.2. The fourth-order valence-electron chi connectivity index (χ4n) is 12.0. The number of cyclic esters (lactones) is 1. The van der Waals surface area contributed by atoms with Gasteiger partial charge in [0.15, 0.2) is 5.78 Å². The van der Waals surface area contributed by atoms with Gasteiger partial charge in [0.1, 0.15) is 72.6 Å². The molecule has 44 nitrogen and oxygen atoms in total. The van der Waals surface area contributed by atoms with E-state index in [-0.39, 0.29) is 37.1 Å². The number of aliphatic carboxylic acids is 4. The number of nitrogens with one attached hydrogen (secondary N) is 14. The molecule has 1 aromatic heterocycles. The lowest BCUT2D eigenvalue weighted by Crippen LogP contribution is -2.61. The van der Waals surface area contributed by atoms with Gasteiger partial charge in [-0.2, -0.15) is 0 Å². The standard InChI is InChI=1S/C74H105N17O27/c1-4-37(2)16-9-7-5-6-8-10-22-56(96)82-46(26-39-32-78-43-20-14-12-17-40(39)43)67(110)85-47(28-55(77)95)68(111)88-50(31-62(105)106)70(113)91-63-38(3)118-74(117)51(27-54(94)41-18-11-13-19-42(41)76)89-66(109)45(23-24-59(99)100)84-71(114)52(35-92)83-58(98)33-79-64(107)48(29-60(101)102)86-72(115)53(36-93)90-69(112)49(30-61(103)104)87-65(108)44(21-15-25-75)81-57(97)34-80-73(63)116/h11-14,17-20,32,37-38,44-53,63,78,92-93H,4-10,15-16,21-31,33-36,75-76H2,1-3H3,(H2,77,95)(H,79,107)(H,80,116)(H,81,97)(H,82,96)(H,83,98)(H,84,114)(H,85,110)(H,86,115)(H,87,108)(H,88,111)(H,89,109)(H,90,112)(H,91,113)(H,99,100)(H,101,102)(H,103,104)(H,105,106). The number of aromatic nitrogens is 1. The quantitative estimate of drug-likeness (QED) is 0.0110. The predicted molar refractivity (Wildman–Crippen MR) is 411 cm³/mol. The van der Waals surface area contributed by atoms with Gasteiger partial charge in [0.25, 0.3) is 0 Å². The number of anilines is 1. The molecule has 0 saturated carbocycles. The maximum atomic E-state index is 14.8. The van der Waals surface area contributed by atoms with Crippen LogP contribution >= 0.6 is 0 Å². The van der Waals surface area contributed by atoms with Crippen LogP contribution in [0.15, 0.2) is 54.7 Å². The zero-order chi connectivity index (χ0) is 87.9. The number of ketones is 1. The molecule has 44 heteroatoms. The number of H-pyrrole nitrogens is 1. The van der Waals surface area contributed by atoms with Crippen LogP contribution in [0.2, 0.25) is 0 Å². The monoisotopic (exact) mass is 1660 g/mol. The Morgan fingerprint density at radius 2 is 1.03 bits per heavy atom. The summed E-state index contributed by atoms with van der Waals surface area (Å²) in [6.07, 6.45) is -2.33. The molecule has 2 heterocycles. The molecule has 0 spiro atoms. The fraction of sp³-hybridized carbons (Fsp3) is 0.541. The fourth-order valence-corrected chi connectivity index (χ4v) is 12.0. The van der Waals surface area contributed by atoms with E-state index >= 15 is 0 Å². The number of fused-ring (bicyclic) bond motifs is 1. The van der Waals surface area contributed by atoms with Crippen molar-refractivity contribution in [2.45, 2.75) is 215 Å². The Hall–Kier alpha value is -12.7. The number of aromatic amines is 1. The first-order chi connectivity index (χ1) is 55.9. The summed E-state index contributed by atoms with van der Waals surface area (Å²) < 4.78 is 5.66. The Morgan fingerprint density at radius 3 is 1.60 bits per heavy atom. The van der Waals surface area contributed by atoms with Crippen molar-refractivity contribution in [1.82, 2.24) is 74.1 Å². The second-order valence-corrected chi connectivity index (χ2v) is 28.0. The van der Waals surface area contributed by atoms with Crippen molar-refractivity contribution in [3.05, 3.63) is 65.9 Å². The van der Waals surface area contributed by atoms with Crippen LogP contribution in [-0.4, -0.2) is 259 Å². The number of carboxylic acid groups (broad SMARTS) is 4. The molecule has 0 aliphatic carbocycles. The summed E-state index contributed by atoms with van der Waals surface area (Å²) in [6.45, 7) is -0.202. The summed E-state index contributed by atoms with van der Waals surface area (Å²) in [4.78, 5) is 276. The smallest absolute Gasteiger partial charge is 0.329 e. The minimum atomic E-state index is -2.46. The summed E-state index contributed by atoms with van der Waals surface area (Å²) in [7, 11) is 0. The summed E-state index contributed by atoms with van der Waals surface area (Å²) in [6, 6.07) is -11.3. The van der Waals surface area contributed by atoms with Gasteiger partial charge in [-0.1, -0.05) is 89.1 Å². The van der Waals surface area contributed by atoms with E-state index in [9.17, 15) is 127 Å². The van der Waals surface area contributed by atoms with Crippen molar-refractivity contribution in [2.75, 3.05) is 38.6 Å². The number of nitrogen functional groups attached to an aromatic ring is 1. The maximum absolute atomic E-state index is 14.8. The van der Waals surface area contributed by atoms with Gasteiger partial charge in [-0.15, -0.1) is 0 Å². The molecule has 1 aliphatic heterocycles. The molecule has 0 bridgehead atoms. The van der Waals surface area contributed by atoms with Crippen molar-refractivity contribution in [2.24, 2.45) is 17.4 Å². The van der Waals surface area contributed by atoms with Gasteiger partial charge >= 0.3 is 29.8 Å². The number of amides is 14. The first-order valence-corrected chi connectivity index (χ1v) is 38.0. The van der Waals surface area contributed by atoms with E-state index in [1.165, 1.54) is 24.3 Å². The highest BCUT2D eigenvalue weighted by Gasteiger charge is 2.41. The number of carbonyl (C=O) groups excluding carboxylic acids is 16. The third kappa shape index (κ3) is 34.0. The van der Waals surface area contributed by atoms with Crippen LogP contribution < -0.4 is 86.3 Å². The number of carbonyl (C=O) groups is 20. The number of nitrogens with two attached hydrogens (primary N) is 3. The Bertz CT molecular complexity index is 4100. The minimum Gasteiger partial charge on any atom is -0.481 e. The lowest BCUT2D eigenvalue weighted by atomic mass is 9.99. The van der Waals surface area contributed by atoms with Crippen molar-refractivity contribution >= 4 is 135 Å². The number of para-hydroxylation sites is 2. The molecule has 2 aromatic carbocycles. The average Bonchev–Trinajstić information content (AvgIpc) is 1.65. The lowest BCUT2D eigenvalue weighted by molar-refractivity contribution is -0.156. The lowest BCUT2D eigenvalue weighted by Gasteiger charge is -2.29. The number of hydrogen-bond donors (Lipinski definition) is 23. The van der Waals surface area contributed by atoms with Gasteiger partial charge in [0, 0.05) is 54.0 Å². The molecule has 1 aliphatic rings. The van der Waals surface area contributed by atoms with Gasteiger partial charge in [0.05, 0.1) is 52.0 Å². The number of aliphatic hydroxyl groups excluding tert-OH is 2. The number of ether oxygens (including phenoxy) is 1. The minimum absolute atomic E-state index is 0.0243. The van der Waals surface area contributed by atoms with E-state index in [4.69, 9.17) is 21.9 Å². The molecule has 13 atom stereocenters. The molecule has 4 rings (SSSR count). The highest BCUT2D eigenvalue weighted by molar-refractivity contribution is 6.05. The number of unbranched alkanes of at least 4 members (excludes halogenated alkanes) is 5. The summed E-state index contributed by atoms with van der Waals surface area (Å²) >= 11 is 0. The van der Waals surface area contributed by atoms with Crippen LogP contribution in [-0.2, 0) is 102 Å². The molecule has 648 valence electrons. The number of rotatable bonds is 38. The van der Waals surface area contributed by atoms with Crippen molar-refractivity contribution in [3.63, 3.8) is 0 Å². The van der Waals surface area contributed by atoms with Crippen LogP contribution in [0.25, 0.3) is 10.9 Å². The Morgan fingerprint density at radius 1 is 0.525 bits per heavy atom. The van der Waals surface area contributed by atoms with E-state index in [1.54, 1.807) is 30.5 Å². The number of esters is 1. The highest BCUT2D eigenvalue weighted by atomic mass is 16.5. The number of hydrogen-bond acceptors (Lipinski definition) is 25. The normalized spacial score (nSPS) is 20.9. The zero-order valence-electron chi connectivity index (χ0n) is 65.2. The van der Waals surface area contributed by atoms with Gasteiger partial charge < -0.3 is 127 Å². The summed E-state index contributed by atoms with van der Waals surface area (Å²) in [5, 5.41) is 88.1. The second-order valence-electron chi connectivity index (χ2n) is 28.0. The van der Waals surface area contributed by atoms with Gasteiger partial charge in [-0.3, -0.25) is 91.1 Å². The molecule has 118 heavy (non-hydrogen) atoms. The molecule has 0 radical (unpaired) electrons. The van der Waals surface area contributed by atoms with Crippen LogP contribution in [0, 0.1) is 5.92 Å². The molecule has 1 fully saturated rings. The molecular formula is C74H105N17O27. The molecule has 26 N–H and O–H groups in total. The van der Waals surface area contributed by atoms with E-state index in [0.717, 1.165) is 45.4 Å². The first-order valence-electron chi connectivity index (χ1n) is 38.0. The van der Waals surface area contributed by atoms with Crippen LogP contribution in [0.3, 0.4) is 0 Å². The van der Waals surface area contributed by atoms with Crippen molar-refractivity contribution in [3.8, 4) is 0 Å². The third-order valence-corrected chi connectivity index (χ3v) is 18.6. The largest absolute Gasteiger partial charge is 0.481 e. The van der Waals surface area contributed by atoms with Crippen molar-refractivity contribution < 1.29 is 131 Å². The number of carboxylic acids is 4. The number of aliphatic hydroxyl groups is 2. The number of primary amides is 1. The Balaban J connectivity index is 1.85. The van der Waals surface area contributed by atoms with Gasteiger partial charge in [-0.25, -0.2) is 4.79 Å². The SMILES string of the molecule is CCC(C)CCCCCCCCC(=O)NC(Cc1c[nH]c2ccccc12)C(=O)NC(CC(N)=O)C(=O)NC(CC(=O)O)C(=O)NC1C(=O)NCC(=O)NC(CCCN)C(=O)NC(CC(=O)O)C(=O)NC(CO)C(=O)NC(CC(=O)O)C(=O)NCC(=O)NC(CO)C(=O)NC(CCC(=O)O)C(=O)NC(CC(=O)c2ccccc2N)C(=O)OC1C. The Kier molecular flexibility index (Phi) is 41.3. The van der Waals surface area contributed by atoms with E-state index in [2.05, 4.69) is 66.7 Å². The molecule has 14 amide bonds. The van der Waals surface area contributed by atoms with E-state index < -0.39 is 269 Å². The Labute approximate surface area is 675 Å². The van der Waals surface area contributed by atoms with E-state index in [1.807, 2.05) is 21.3 Å². The van der Waals surface area contributed by atoms with Gasteiger partial charge in [0.2, 0.25) is 82.7 Å². The molecule has 13 unspecified atom stereocenters. The average molecular weight is 1660 g/mol. The van der Waals surface area contributed by atoms with Crippen LogP contribution in [0.5, 0.6) is 0 Å². The van der Waals surface area contributed by atoms with Crippen LogP contribution in [0.4, 0.5) is 5.69 Å². The maximum Gasteiger partial charge on any atom is 0.329 e. The predicted octanol–water partition coefficient (Wildman–Crippen LogP) is -5.87. The van der Waals surface area contributed by atoms with Crippen LogP contribution in [0.1, 0.15) is 152 Å². The second kappa shape index (κ2) is 49.9. The summed E-state index contributed by atoms with van der Waals surface area (Å²) in [5.41, 5.74) is 18.0.